The van der Waals surface area contributed by atoms with Crippen LogP contribution in [0.25, 0.3) is 0 Å². The van der Waals surface area contributed by atoms with Gasteiger partial charge < -0.3 is 5.09 Å². The molecule has 0 saturated carbocycles. The second-order valence-electron chi connectivity index (χ2n) is 2.39. The quantitative estimate of drug-likeness (QED) is 0.668. The minimum atomic E-state index is -0.00309. The maximum atomic E-state index is 3.51. The third-order valence-electron chi connectivity index (χ3n) is 1.63. The second-order valence-corrected chi connectivity index (χ2v) is 6.50. The lowest BCUT2D eigenvalue weighted by Gasteiger charge is -2.04. The van der Waals surface area contributed by atoms with E-state index in [1.165, 1.54) is 16.7 Å². The summed E-state index contributed by atoms with van der Waals surface area (Å²) >= 11 is 1.99. The van der Waals surface area contributed by atoms with Gasteiger partial charge in [-0.15, -0.1) is 0 Å². The van der Waals surface area contributed by atoms with Crippen molar-refractivity contribution in [3.63, 3.8) is 0 Å². The van der Waals surface area contributed by atoms with E-state index in [9.17, 15) is 0 Å². The summed E-state index contributed by atoms with van der Waals surface area (Å²) < 4.78 is 0. The first-order valence-electron chi connectivity index (χ1n) is 3.71. The Morgan fingerprint density at radius 3 is 3.00 bits per heavy atom. The summed E-state index contributed by atoms with van der Waals surface area (Å²) in [5.74, 6) is 0. The molecule has 1 aromatic carbocycles. The maximum Gasteiger partial charge on any atom is 0.0543 e. The van der Waals surface area contributed by atoms with Crippen molar-refractivity contribution in [2.75, 3.05) is 11.2 Å². The van der Waals surface area contributed by atoms with Gasteiger partial charge in [-0.05, 0) is 18.3 Å². The van der Waals surface area contributed by atoms with Crippen LogP contribution in [0.2, 0.25) is 0 Å². The Hall–Kier alpha value is -0.200. The average Bonchev–Trinajstić information content (AvgIpc) is 2.46. The zero-order valence-electron chi connectivity index (χ0n) is 6.37. The highest BCUT2D eigenvalue weighted by Gasteiger charge is 2.18. The Bertz CT molecular complexity index is 239. The van der Waals surface area contributed by atoms with Crippen molar-refractivity contribution >= 4 is 24.3 Å². The molecule has 1 unspecified atom stereocenters. The molecule has 58 valence electrons. The van der Waals surface area contributed by atoms with Crippen molar-refractivity contribution in [3.05, 3.63) is 24.3 Å². The van der Waals surface area contributed by atoms with Gasteiger partial charge in [0.2, 0.25) is 0 Å². The zero-order valence-corrected chi connectivity index (χ0v) is 8.08. The molecular formula is C8H10NPS. The number of benzene rings is 1. The lowest BCUT2D eigenvalue weighted by molar-refractivity contribution is 1.47. The van der Waals surface area contributed by atoms with Crippen LogP contribution in [-0.2, 0) is 0 Å². The van der Waals surface area contributed by atoms with Crippen LogP contribution in [0.1, 0.15) is 6.92 Å². The van der Waals surface area contributed by atoms with Crippen LogP contribution in [0.5, 0.6) is 0 Å². The van der Waals surface area contributed by atoms with E-state index in [0.29, 0.717) is 0 Å². The number of hydrogen-bond donors (Lipinski definition) is 1. The third kappa shape index (κ3) is 1.38. The molecule has 0 aromatic heterocycles. The van der Waals surface area contributed by atoms with Crippen LogP contribution in [0, 0.1) is 0 Å². The van der Waals surface area contributed by atoms with Gasteiger partial charge in [0.05, 0.1) is 13.0 Å². The minimum absolute atomic E-state index is 0.00309. The zero-order chi connectivity index (χ0) is 7.68. The predicted octanol–water partition coefficient (Wildman–Crippen LogP) is 3.54. The first-order chi connectivity index (χ1) is 5.40. The third-order valence-corrected chi connectivity index (χ3v) is 5.77. The van der Waals surface area contributed by atoms with Crippen molar-refractivity contribution < 1.29 is 0 Å². The number of rotatable bonds is 1. The highest BCUT2D eigenvalue weighted by atomic mass is 32.7. The molecule has 11 heavy (non-hydrogen) atoms. The second kappa shape index (κ2) is 3.04. The highest BCUT2D eigenvalue weighted by Crippen LogP contribution is 2.61. The minimum Gasteiger partial charge on any atom is -0.355 e. The number of nitrogens with one attached hydrogen (secondary N) is 1. The van der Waals surface area contributed by atoms with Gasteiger partial charge in [0.1, 0.15) is 0 Å². The smallest absolute Gasteiger partial charge is 0.0543 e. The molecule has 0 spiro atoms. The van der Waals surface area contributed by atoms with E-state index in [0.717, 1.165) is 0 Å². The largest absolute Gasteiger partial charge is 0.355 e. The fourth-order valence-corrected chi connectivity index (χ4v) is 4.53. The van der Waals surface area contributed by atoms with E-state index in [-0.39, 0.29) is 7.27 Å². The summed E-state index contributed by atoms with van der Waals surface area (Å²) in [6.45, 7) is 2.23. The monoisotopic (exact) mass is 183 g/mol. The number of anilines is 1. The van der Waals surface area contributed by atoms with Gasteiger partial charge in [0.15, 0.2) is 0 Å². The summed E-state index contributed by atoms with van der Waals surface area (Å²) in [5, 5.41) is 3.51. The van der Waals surface area contributed by atoms with E-state index in [2.05, 4.69) is 36.3 Å². The summed E-state index contributed by atoms with van der Waals surface area (Å²) in [7, 11) is -0.00309. The van der Waals surface area contributed by atoms with Gasteiger partial charge in [-0.2, -0.15) is 0 Å². The molecule has 0 radical (unpaired) electrons. The van der Waals surface area contributed by atoms with Crippen molar-refractivity contribution in [3.8, 4) is 0 Å². The fraction of sp³-hybridized carbons (Fsp3) is 0.250. The summed E-state index contributed by atoms with van der Waals surface area (Å²) in [4.78, 5) is 1.42. The molecule has 1 aliphatic heterocycles. The Morgan fingerprint density at radius 1 is 1.45 bits per heavy atom. The van der Waals surface area contributed by atoms with E-state index in [4.69, 9.17) is 0 Å². The molecular weight excluding hydrogens is 173 g/mol. The molecule has 0 amide bonds. The number of para-hydroxylation sites is 1. The number of fused-ring (bicyclic) bond motifs is 1. The summed E-state index contributed by atoms with van der Waals surface area (Å²) in [6.07, 6.45) is 1.24. The lowest BCUT2D eigenvalue weighted by Crippen LogP contribution is -1.82. The van der Waals surface area contributed by atoms with Gasteiger partial charge in [-0.3, -0.25) is 0 Å². The standard InChI is InChI=1S/C8H10NPS/c1-2-10-9-7-5-3-4-6-8(7)11-10/h3-6,9H,2H2,1H3. The molecule has 0 aliphatic carbocycles. The summed E-state index contributed by atoms with van der Waals surface area (Å²) in [5.41, 5.74) is 1.32. The van der Waals surface area contributed by atoms with E-state index < -0.39 is 0 Å². The fourth-order valence-electron chi connectivity index (χ4n) is 1.06. The van der Waals surface area contributed by atoms with Crippen LogP contribution < -0.4 is 5.09 Å². The molecule has 1 nitrogen and oxygen atoms in total. The van der Waals surface area contributed by atoms with Crippen LogP contribution in [-0.4, -0.2) is 6.16 Å². The van der Waals surface area contributed by atoms with E-state index >= 15 is 0 Å². The van der Waals surface area contributed by atoms with Crippen molar-refractivity contribution in [1.29, 1.82) is 0 Å². The van der Waals surface area contributed by atoms with Crippen molar-refractivity contribution in [1.82, 2.24) is 0 Å². The Balaban J connectivity index is 2.27. The molecule has 0 bridgehead atoms. The molecule has 1 aromatic rings. The van der Waals surface area contributed by atoms with Gasteiger partial charge >= 0.3 is 0 Å². The molecule has 1 heterocycles. The predicted molar refractivity (Wildman–Crippen MR) is 53.4 cm³/mol. The molecule has 3 heteroatoms. The first kappa shape index (κ1) is 7.45. The van der Waals surface area contributed by atoms with Crippen LogP contribution >= 0.6 is 18.7 Å². The van der Waals surface area contributed by atoms with Crippen LogP contribution in [0.3, 0.4) is 0 Å². The number of hydrogen-bond acceptors (Lipinski definition) is 2. The molecule has 2 rings (SSSR count). The Labute approximate surface area is 72.1 Å². The van der Waals surface area contributed by atoms with Gasteiger partial charge in [-0.25, -0.2) is 0 Å². The van der Waals surface area contributed by atoms with Crippen LogP contribution in [0.15, 0.2) is 29.2 Å². The van der Waals surface area contributed by atoms with Crippen molar-refractivity contribution in [2.45, 2.75) is 11.8 Å². The molecule has 1 N–H and O–H groups in total. The molecule has 0 fully saturated rings. The SMILES string of the molecule is CCP1Nc2ccccc2S1. The van der Waals surface area contributed by atoms with Crippen molar-refractivity contribution in [2.24, 2.45) is 0 Å². The lowest BCUT2D eigenvalue weighted by atomic mass is 10.3. The van der Waals surface area contributed by atoms with Gasteiger partial charge in [-0.1, -0.05) is 30.4 Å². The van der Waals surface area contributed by atoms with E-state index in [1.807, 2.05) is 11.4 Å². The maximum absolute atomic E-state index is 3.51. The first-order valence-corrected chi connectivity index (χ1v) is 6.66. The summed E-state index contributed by atoms with van der Waals surface area (Å²) in [6, 6.07) is 8.52. The molecule has 1 aliphatic rings. The van der Waals surface area contributed by atoms with Crippen LogP contribution in [0.4, 0.5) is 5.69 Å². The topological polar surface area (TPSA) is 12.0 Å². The van der Waals surface area contributed by atoms with E-state index in [1.54, 1.807) is 0 Å². The van der Waals surface area contributed by atoms with Gasteiger partial charge in [0.25, 0.3) is 0 Å². The molecule has 1 atom stereocenters. The highest BCUT2D eigenvalue weighted by molar-refractivity contribution is 8.56. The Kier molecular flexibility index (Phi) is 2.06. The normalized spacial score (nSPS) is 21.0. The Morgan fingerprint density at radius 2 is 2.27 bits per heavy atom. The average molecular weight is 183 g/mol. The molecule has 0 saturated heterocycles. The van der Waals surface area contributed by atoms with Gasteiger partial charge in [0, 0.05) is 4.90 Å².